The summed E-state index contributed by atoms with van der Waals surface area (Å²) < 4.78 is 5.02. The van der Waals surface area contributed by atoms with E-state index in [4.69, 9.17) is 4.74 Å². The van der Waals surface area contributed by atoms with Gasteiger partial charge in [-0.05, 0) is 56.8 Å². The highest BCUT2D eigenvalue weighted by Crippen LogP contribution is 2.56. The van der Waals surface area contributed by atoms with Crippen LogP contribution in [0.3, 0.4) is 0 Å². The summed E-state index contributed by atoms with van der Waals surface area (Å²) in [5, 5.41) is 12.7. The van der Waals surface area contributed by atoms with E-state index in [0.717, 1.165) is 12.8 Å². The molecule has 2 N–H and O–H groups in total. The quantitative estimate of drug-likeness (QED) is 0.385. The lowest BCUT2D eigenvalue weighted by Crippen LogP contribution is -2.58. The Bertz CT molecular complexity index is 720. The smallest absolute Gasteiger partial charge is 0.408 e. The third-order valence-electron chi connectivity index (χ3n) is 6.94. The van der Waals surface area contributed by atoms with Gasteiger partial charge in [0.15, 0.2) is 0 Å². The summed E-state index contributed by atoms with van der Waals surface area (Å²) in [6, 6.07) is -1.80. The van der Waals surface area contributed by atoms with Crippen LogP contribution < -0.4 is 5.32 Å². The van der Waals surface area contributed by atoms with Gasteiger partial charge in [0.05, 0.1) is 0 Å². The third kappa shape index (κ3) is 5.66. The second-order valence-corrected chi connectivity index (χ2v) is 13.8. The second-order valence-electron chi connectivity index (χ2n) is 11.8. The molecule has 3 atom stereocenters. The van der Waals surface area contributed by atoms with Crippen molar-refractivity contribution in [2.75, 3.05) is 6.54 Å². The Labute approximate surface area is 200 Å². The Morgan fingerprint density at radius 3 is 2.03 bits per heavy atom. The van der Waals surface area contributed by atoms with E-state index in [-0.39, 0.29) is 14.7 Å². The van der Waals surface area contributed by atoms with Gasteiger partial charge in [0.1, 0.15) is 17.7 Å². The van der Waals surface area contributed by atoms with Crippen LogP contribution in [0.15, 0.2) is 0 Å². The Morgan fingerprint density at radius 2 is 1.65 bits per heavy atom. The zero-order chi connectivity index (χ0) is 24.0. The Hall–Kier alpha value is -1.06. The van der Waals surface area contributed by atoms with Crippen molar-refractivity contribution in [3.63, 3.8) is 0 Å². The molecule has 0 radical (unpaired) electrons. The van der Waals surface area contributed by atoms with Crippen LogP contribution in [-0.2, 0) is 14.3 Å². The maximum atomic E-state index is 13.7. The Morgan fingerprint density at radius 1 is 1.10 bits per heavy atom. The molecule has 0 aromatic rings. The number of carboxylic acid groups (broad SMARTS) is 1. The number of ether oxygens (including phenoxy) is 1. The van der Waals surface area contributed by atoms with Crippen molar-refractivity contribution in [2.45, 2.75) is 102 Å². The summed E-state index contributed by atoms with van der Waals surface area (Å²) in [6.07, 6.45) is 3.23. The van der Waals surface area contributed by atoms with Gasteiger partial charge < -0.3 is 20.1 Å². The summed E-state index contributed by atoms with van der Waals surface area (Å²) >= 11 is 2.40. The van der Waals surface area contributed by atoms with E-state index < -0.39 is 35.2 Å². The first kappa shape index (κ1) is 26.2. The molecule has 7 nitrogen and oxygen atoms in total. The van der Waals surface area contributed by atoms with Gasteiger partial charge in [-0.2, -0.15) is 0 Å². The molecule has 2 amide bonds. The number of alkyl halides is 1. The zero-order valence-electron chi connectivity index (χ0n) is 20.2. The SMILES string of the molecule is CC(C)(C)OC(=O)N[C@H](C(=O)N1C[C@@](I)(C(C)(C)C2CCC2)C[C@H]1C(=O)O)C(C)(C)C. The van der Waals surface area contributed by atoms with Crippen molar-refractivity contribution in [2.24, 2.45) is 16.7 Å². The third-order valence-corrected chi connectivity index (χ3v) is 9.11. The minimum absolute atomic E-state index is 0.0929. The first-order valence-electron chi connectivity index (χ1n) is 11.1. The summed E-state index contributed by atoms with van der Waals surface area (Å²) in [5.74, 6) is -0.831. The molecule has 1 saturated carbocycles. The highest BCUT2D eigenvalue weighted by atomic mass is 127. The maximum Gasteiger partial charge on any atom is 0.408 e. The number of hydrogen-bond donors (Lipinski definition) is 2. The van der Waals surface area contributed by atoms with E-state index in [1.54, 1.807) is 20.8 Å². The lowest BCUT2D eigenvalue weighted by molar-refractivity contribution is -0.150. The van der Waals surface area contributed by atoms with E-state index in [9.17, 15) is 19.5 Å². The van der Waals surface area contributed by atoms with Gasteiger partial charge in [0.2, 0.25) is 5.91 Å². The molecule has 1 saturated heterocycles. The average Bonchev–Trinajstić information content (AvgIpc) is 2.87. The fraction of sp³-hybridized carbons (Fsp3) is 0.870. The summed E-state index contributed by atoms with van der Waals surface area (Å²) in [7, 11) is 0. The predicted molar refractivity (Wildman–Crippen MR) is 128 cm³/mol. The molecule has 31 heavy (non-hydrogen) atoms. The molecule has 2 fully saturated rings. The minimum Gasteiger partial charge on any atom is -0.480 e. The number of carboxylic acids is 1. The summed E-state index contributed by atoms with van der Waals surface area (Å²) in [4.78, 5) is 39.7. The predicted octanol–water partition coefficient (Wildman–Crippen LogP) is 4.61. The molecule has 178 valence electrons. The lowest BCUT2D eigenvalue weighted by atomic mass is 9.61. The molecule has 0 spiro atoms. The summed E-state index contributed by atoms with van der Waals surface area (Å²) in [6.45, 7) is 15.6. The number of halogens is 1. The fourth-order valence-corrected chi connectivity index (χ4v) is 5.74. The van der Waals surface area contributed by atoms with Crippen molar-refractivity contribution < 1.29 is 24.2 Å². The normalized spacial score (nSPS) is 26.2. The largest absolute Gasteiger partial charge is 0.480 e. The van der Waals surface area contributed by atoms with E-state index >= 15 is 0 Å². The molecule has 0 aromatic carbocycles. The number of carbonyl (C=O) groups excluding carboxylic acids is 2. The minimum atomic E-state index is -0.999. The van der Waals surface area contributed by atoms with Crippen molar-refractivity contribution in [3.05, 3.63) is 0 Å². The zero-order valence-corrected chi connectivity index (χ0v) is 22.3. The molecule has 8 heteroatoms. The average molecular weight is 550 g/mol. The highest BCUT2D eigenvalue weighted by Gasteiger charge is 2.58. The van der Waals surface area contributed by atoms with Gasteiger partial charge in [-0.25, -0.2) is 9.59 Å². The summed E-state index contributed by atoms with van der Waals surface area (Å²) in [5.41, 5.74) is -1.40. The van der Waals surface area contributed by atoms with Gasteiger partial charge in [-0.15, -0.1) is 0 Å². The number of rotatable bonds is 5. The van der Waals surface area contributed by atoms with E-state index in [1.165, 1.54) is 11.3 Å². The molecule has 1 aliphatic heterocycles. The molecule has 2 rings (SSSR count). The number of amides is 2. The molecule has 0 unspecified atom stereocenters. The van der Waals surface area contributed by atoms with Crippen molar-refractivity contribution in [1.29, 1.82) is 0 Å². The Balaban J connectivity index is 2.31. The van der Waals surface area contributed by atoms with Gasteiger partial charge >= 0.3 is 12.1 Å². The van der Waals surface area contributed by atoms with Gasteiger partial charge in [0.25, 0.3) is 0 Å². The molecule has 1 aliphatic carbocycles. The monoisotopic (exact) mass is 550 g/mol. The molecule has 1 heterocycles. The Kier molecular flexibility index (Phi) is 7.36. The number of hydrogen-bond acceptors (Lipinski definition) is 4. The van der Waals surface area contributed by atoms with Crippen LogP contribution in [-0.4, -0.2) is 55.6 Å². The van der Waals surface area contributed by atoms with Crippen LogP contribution >= 0.6 is 22.6 Å². The number of likely N-dealkylation sites (tertiary alicyclic amines) is 1. The van der Waals surface area contributed by atoms with Crippen LogP contribution in [0.4, 0.5) is 4.79 Å². The van der Waals surface area contributed by atoms with Crippen LogP contribution in [0.2, 0.25) is 0 Å². The first-order chi connectivity index (χ1) is 13.9. The lowest BCUT2D eigenvalue weighted by Gasteiger charge is -2.49. The van der Waals surface area contributed by atoms with Gasteiger partial charge in [-0.1, -0.05) is 63.6 Å². The van der Waals surface area contributed by atoms with Gasteiger partial charge in [0, 0.05) is 9.97 Å². The number of carbonyl (C=O) groups is 3. The molecule has 2 aliphatic rings. The first-order valence-corrected chi connectivity index (χ1v) is 12.2. The van der Waals surface area contributed by atoms with Crippen LogP contribution in [0.5, 0.6) is 0 Å². The number of alkyl carbamates (subject to hydrolysis) is 1. The van der Waals surface area contributed by atoms with Crippen LogP contribution in [0, 0.1) is 16.7 Å². The van der Waals surface area contributed by atoms with E-state index in [1.807, 2.05) is 20.8 Å². The number of aliphatic carboxylic acids is 1. The van der Waals surface area contributed by atoms with Crippen molar-refractivity contribution >= 4 is 40.6 Å². The topological polar surface area (TPSA) is 95.9 Å². The van der Waals surface area contributed by atoms with Gasteiger partial charge in [-0.3, -0.25) is 4.79 Å². The highest BCUT2D eigenvalue weighted by molar-refractivity contribution is 14.1. The van der Waals surface area contributed by atoms with Crippen LogP contribution in [0.1, 0.15) is 81.1 Å². The standard InChI is InChI=1S/C23H39IN2O5/c1-20(2,3)16(25-19(30)31-21(4,5)6)17(27)26-13-23(24,12-15(26)18(28)29)22(7,8)14-10-9-11-14/h14-16H,9-13H2,1-8H3,(H,25,30)(H,28,29)/t15-,16+,23+/m0/s1. The fourth-order valence-electron chi connectivity index (χ4n) is 4.52. The molecular weight excluding hydrogens is 511 g/mol. The van der Waals surface area contributed by atoms with E-state index in [2.05, 4.69) is 41.8 Å². The molecule has 0 bridgehead atoms. The van der Waals surface area contributed by atoms with E-state index in [0.29, 0.717) is 18.9 Å². The molecule has 0 aromatic heterocycles. The van der Waals surface area contributed by atoms with Crippen LogP contribution in [0.25, 0.3) is 0 Å². The van der Waals surface area contributed by atoms with Crippen molar-refractivity contribution in [3.8, 4) is 0 Å². The maximum absolute atomic E-state index is 13.7. The molecular formula is C23H39IN2O5. The van der Waals surface area contributed by atoms with Crippen molar-refractivity contribution in [1.82, 2.24) is 10.2 Å². The number of nitrogens with one attached hydrogen (secondary N) is 1. The number of nitrogens with zero attached hydrogens (tertiary/aromatic N) is 1. The second kappa shape index (κ2) is 8.71.